The Morgan fingerprint density at radius 3 is 3.05 bits per heavy atom. The minimum absolute atomic E-state index is 0.124. The van der Waals surface area contributed by atoms with E-state index < -0.39 is 6.04 Å². The van der Waals surface area contributed by atoms with Gasteiger partial charge in [0.15, 0.2) is 0 Å². The number of carbonyl (C=O) groups excluding carboxylic acids is 1. The topological polar surface area (TPSA) is 83.3 Å². The lowest BCUT2D eigenvalue weighted by atomic mass is 10.2. The molecule has 104 valence electrons. The van der Waals surface area contributed by atoms with Crippen LogP contribution in [0.5, 0.6) is 0 Å². The minimum Gasteiger partial charge on any atom is -0.467 e. The Kier molecular flexibility index (Phi) is 7.08. The highest BCUT2D eigenvalue weighted by Gasteiger charge is 2.21. The molecule has 0 aliphatic rings. The Balaban J connectivity index is 2.61. The normalized spacial score (nSPS) is 11.8. The fourth-order valence-corrected chi connectivity index (χ4v) is 2.14. The van der Waals surface area contributed by atoms with Crippen molar-refractivity contribution in [3.05, 3.63) is 24.2 Å². The van der Waals surface area contributed by atoms with Crippen molar-refractivity contribution in [1.29, 1.82) is 5.26 Å². The van der Waals surface area contributed by atoms with Gasteiger partial charge in [-0.25, -0.2) is 0 Å². The number of amides is 1. The molecule has 2 N–H and O–H groups in total. The maximum atomic E-state index is 12.2. The maximum absolute atomic E-state index is 12.2. The second kappa shape index (κ2) is 8.62. The van der Waals surface area contributed by atoms with Crippen molar-refractivity contribution in [3.8, 4) is 6.07 Å². The lowest BCUT2D eigenvalue weighted by Crippen LogP contribution is -2.44. The third-order valence-electron chi connectivity index (χ3n) is 2.68. The molecule has 19 heavy (non-hydrogen) atoms. The van der Waals surface area contributed by atoms with Gasteiger partial charge in [-0.15, -0.1) is 0 Å². The van der Waals surface area contributed by atoms with Gasteiger partial charge in [-0.1, -0.05) is 0 Å². The molecular weight excluding hydrogens is 262 g/mol. The van der Waals surface area contributed by atoms with E-state index in [2.05, 4.69) is 0 Å². The van der Waals surface area contributed by atoms with Gasteiger partial charge in [-0.3, -0.25) is 4.79 Å². The number of hydrogen-bond acceptors (Lipinski definition) is 5. The van der Waals surface area contributed by atoms with Gasteiger partial charge >= 0.3 is 0 Å². The smallest absolute Gasteiger partial charge is 0.239 e. The highest BCUT2D eigenvalue weighted by molar-refractivity contribution is 7.98. The van der Waals surface area contributed by atoms with Gasteiger partial charge in [0, 0.05) is 6.54 Å². The molecule has 0 spiro atoms. The zero-order valence-corrected chi connectivity index (χ0v) is 11.9. The molecule has 1 rings (SSSR count). The first-order valence-electron chi connectivity index (χ1n) is 6.11. The summed E-state index contributed by atoms with van der Waals surface area (Å²) in [6.07, 6.45) is 4.48. The van der Waals surface area contributed by atoms with E-state index in [1.54, 1.807) is 35.1 Å². The molecule has 0 fully saturated rings. The standard InChI is InChI=1S/C13H19N3O2S/c1-19-9-5-12(15)13(17)16(7-3-6-14)10-11-4-2-8-18-11/h2,4,8,12H,3,5,7,9-10,15H2,1H3/t12-/m0/s1. The van der Waals surface area contributed by atoms with Crippen LogP contribution >= 0.6 is 11.8 Å². The summed E-state index contributed by atoms with van der Waals surface area (Å²) >= 11 is 1.66. The lowest BCUT2D eigenvalue weighted by molar-refractivity contribution is -0.133. The number of rotatable bonds is 8. The van der Waals surface area contributed by atoms with Crippen molar-refractivity contribution >= 4 is 17.7 Å². The Labute approximate surface area is 117 Å². The molecule has 1 atom stereocenters. The zero-order chi connectivity index (χ0) is 14.1. The number of nitrogens with zero attached hydrogens (tertiary/aromatic N) is 2. The summed E-state index contributed by atoms with van der Waals surface area (Å²) in [6, 6.07) is 5.11. The van der Waals surface area contributed by atoms with E-state index in [0.29, 0.717) is 31.7 Å². The van der Waals surface area contributed by atoms with E-state index in [-0.39, 0.29) is 5.91 Å². The van der Waals surface area contributed by atoms with Crippen LogP contribution in [-0.4, -0.2) is 35.4 Å². The lowest BCUT2D eigenvalue weighted by Gasteiger charge is -2.24. The molecule has 1 aromatic heterocycles. The molecule has 1 aromatic rings. The first-order valence-corrected chi connectivity index (χ1v) is 7.51. The quantitative estimate of drug-likeness (QED) is 0.782. The predicted molar refractivity (Wildman–Crippen MR) is 75.3 cm³/mol. The summed E-state index contributed by atoms with van der Waals surface area (Å²) in [7, 11) is 0. The Morgan fingerprint density at radius 1 is 1.68 bits per heavy atom. The van der Waals surface area contributed by atoms with Crippen LogP contribution in [0.3, 0.4) is 0 Å². The molecule has 6 heteroatoms. The monoisotopic (exact) mass is 281 g/mol. The number of nitriles is 1. The second-order valence-electron chi connectivity index (χ2n) is 4.14. The molecule has 0 aliphatic heterocycles. The van der Waals surface area contributed by atoms with Crippen molar-refractivity contribution in [2.24, 2.45) is 5.73 Å². The zero-order valence-electron chi connectivity index (χ0n) is 11.0. The van der Waals surface area contributed by atoms with E-state index in [9.17, 15) is 4.79 Å². The highest BCUT2D eigenvalue weighted by atomic mass is 32.2. The molecule has 0 radical (unpaired) electrons. The van der Waals surface area contributed by atoms with Crippen molar-refractivity contribution in [2.75, 3.05) is 18.6 Å². The fraction of sp³-hybridized carbons (Fsp3) is 0.538. The number of hydrogen-bond donors (Lipinski definition) is 1. The number of thioether (sulfide) groups is 1. The summed E-state index contributed by atoms with van der Waals surface area (Å²) in [5, 5.41) is 8.66. The van der Waals surface area contributed by atoms with Crippen LogP contribution in [0.4, 0.5) is 0 Å². The van der Waals surface area contributed by atoms with E-state index >= 15 is 0 Å². The number of nitrogens with two attached hydrogens (primary N) is 1. The molecule has 0 aromatic carbocycles. The average Bonchev–Trinajstić information content (AvgIpc) is 2.92. The van der Waals surface area contributed by atoms with Crippen LogP contribution in [0.15, 0.2) is 22.8 Å². The van der Waals surface area contributed by atoms with Gasteiger partial charge in [-0.2, -0.15) is 17.0 Å². The molecule has 5 nitrogen and oxygen atoms in total. The van der Waals surface area contributed by atoms with Crippen molar-refractivity contribution in [1.82, 2.24) is 4.90 Å². The summed E-state index contributed by atoms with van der Waals surface area (Å²) in [4.78, 5) is 13.8. The summed E-state index contributed by atoms with van der Waals surface area (Å²) in [5.74, 6) is 1.42. The van der Waals surface area contributed by atoms with Gasteiger partial charge in [0.25, 0.3) is 0 Å². The average molecular weight is 281 g/mol. The van der Waals surface area contributed by atoms with Crippen LogP contribution in [0.25, 0.3) is 0 Å². The van der Waals surface area contributed by atoms with E-state index in [0.717, 1.165) is 5.75 Å². The summed E-state index contributed by atoms with van der Waals surface area (Å²) in [6.45, 7) is 0.740. The molecule has 0 saturated carbocycles. The van der Waals surface area contributed by atoms with Gasteiger partial charge < -0.3 is 15.1 Å². The Bertz CT molecular complexity index is 414. The Morgan fingerprint density at radius 2 is 2.47 bits per heavy atom. The minimum atomic E-state index is -0.513. The van der Waals surface area contributed by atoms with Crippen LogP contribution in [0.1, 0.15) is 18.6 Å². The third kappa shape index (κ3) is 5.37. The maximum Gasteiger partial charge on any atom is 0.239 e. The summed E-state index contributed by atoms with van der Waals surface area (Å²) in [5.41, 5.74) is 5.89. The first kappa shape index (κ1) is 15.6. The van der Waals surface area contributed by atoms with Crippen molar-refractivity contribution in [3.63, 3.8) is 0 Å². The third-order valence-corrected chi connectivity index (χ3v) is 3.33. The number of carbonyl (C=O) groups is 1. The molecular formula is C13H19N3O2S. The molecule has 0 unspecified atom stereocenters. The van der Waals surface area contributed by atoms with Crippen molar-refractivity contribution < 1.29 is 9.21 Å². The Hall–Kier alpha value is -1.45. The highest BCUT2D eigenvalue weighted by Crippen LogP contribution is 2.09. The molecule has 0 bridgehead atoms. The van der Waals surface area contributed by atoms with Gasteiger partial charge in [0.05, 0.1) is 31.3 Å². The van der Waals surface area contributed by atoms with Gasteiger partial charge in [-0.05, 0) is 30.6 Å². The van der Waals surface area contributed by atoms with E-state index in [4.69, 9.17) is 15.4 Å². The predicted octanol–water partition coefficient (Wildman–Crippen LogP) is 1.60. The second-order valence-corrected chi connectivity index (χ2v) is 5.12. The van der Waals surface area contributed by atoms with E-state index in [1.807, 2.05) is 12.3 Å². The molecule has 0 aliphatic carbocycles. The van der Waals surface area contributed by atoms with Crippen LogP contribution < -0.4 is 5.73 Å². The molecule has 0 saturated heterocycles. The SMILES string of the molecule is CSCC[C@H](N)C(=O)N(CCC#N)Cc1ccco1. The first-order chi connectivity index (χ1) is 9.19. The van der Waals surface area contributed by atoms with Crippen LogP contribution in [0, 0.1) is 11.3 Å². The van der Waals surface area contributed by atoms with Gasteiger partial charge in [0.1, 0.15) is 5.76 Å². The van der Waals surface area contributed by atoms with E-state index in [1.165, 1.54) is 0 Å². The fourth-order valence-electron chi connectivity index (χ4n) is 1.65. The van der Waals surface area contributed by atoms with Crippen LogP contribution in [0.2, 0.25) is 0 Å². The molecule has 1 amide bonds. The largest absolute Gasteiger partial charge is 0.467 e. The summed E-state index contributed by atoms with van der Waals surface area (Å²) < 4.78 is 5.23. The van der Waals surface area contributed by atoms with Gasteiger partial charge in [0.2, 0.25) is 5.91 Å². The molecule has 1 heterocycles. The van der Waals surface area contributed by atoms with Crippen molar-refractivity contribution in [2.45, 2.75) is 25.4 Å². The number of furan rings is 1. The van der Waals surface area contributed by atoms with Crippen LogP contribution in [-0.2, 0) is 11.3 Å².